The summed E-state index contributed by atoms with van der Waals surface area (Å²) in [7, 11) is 0. The Morgan fingerprint density at radius 1 is 1.40 bits per heavy atom. The number of carboxylic acids is 1. The number of urea groups is 1. The number of hydrogen-bond acceptors (Lipinski definition) is 3. The first-order chi connectivity index (χ1) is 9.43. The molecule has 1 aromatic carbocycles. The van der Waals surface area contributed by atoms with Gasteiger partial charge in [0.2, 0.25) is 0 Å². The van der Waals surface area contributed by atoms with Crippen molar-refractivity contribution in [2.45, 2.75) is 26.3 Å². The largest absolute Gasteiger partial charge is 0.478 e. The van der Waals surface area contributed by atoms with Crippen LogP contribution in [0.2, 0.25) is 0 Å². The Morgan fingerprint density at radius 2 is 2.10 bits per heavy atom. The monoisotopic (exact) mass is 296 g/mol. The van der Waals surface area contributed by atoms with Crippen LogP contribution in [-0.2, 0) is 0 Å². The van der Waals surface area contributed by atoms with E-state index in [4.69, 9.17) is 5.11 Å². The molecule has 1 rings (SSSR count). The molecule has 0 spiro atoms. The second-order valence-corrected chi connectivity index (χ2v) is 5.60. The first kappa shape index (κ1) is 16.4. The number of carbonyl (C=O) groups is 2. The summed E-state index contributed by atoms with van der Waals surface area (Å²) in [5.74, 6) is 0.0168. The average Bonchev–Trinajstić information content (AvgIpc) is 2.38. The number of thioether (sulfide) groups is 1. The molecule has 0 aromatic heterocycles. The van der Waals surface area contributed by atoms with Crippen LogP contribution in [-0.4, -0.2) is 35.2 Å². The van der Waals surface area contributed by atoms with Gasteiger partial charge < -0.3 is 15.7 Å². The zero-order valence-electron chi connectivity index (χ0n) is 11.9. The highest BCUT2D eigenvalue weighted by Gasteiger charge is 2.10. The normalized spacial score (nSPS) is 11.8. The van der Waals surface area contributed by atoms with Gasteiger partial charge >= 0.3 is 12.0 Å². The van der Waals surface area contributed by atoms with Crippen LogP contribution in [0, 0.1) is 6.92 Å². The van der Waals surface area contributed by atoms with Gasteiger partial charge in [-0.05, 0) is 56.0 Å². The molecule has 0 bridgehead atoms. The molecule has 1 aromatic rings. The third-order valence-corrected chi connectivity index (χ3v) is 3.50. The average molecular weight is 296 g/mol. The summed E-state index contributed by atoms with van der Waals surface area (Å²) in [6, 6.07) is 4.44. The molecule has 110 valence electrons. The lowest BCUT2D eigenvalue weighted by atomic mass is 10.1. The maximum Gasteiger partial charge on any atom is 0.335 e. The van der Waals surface area contributed by atoms with Crippen LogP contribution in [0.25, 0.3) is 0 Å². The quantitative estimate of drug-likeness (QED) is 0.754. The second-order valence-electron chi connectivity index (χ2n) is 4.62. The number of aromatic carboxylic acids is 1. The fraction of sp³-hybridized carbons (Fsp3) is 0.429. The number of amides is 2. The Bertz CT molecular complexity index is 491. The minimum atomic E-state index is -0.977. The van der Waals surface area contributed by atoms with Crippen molar-refractivity contribution in [3.63, 3.8) is 0 Å². The first-order valence-corrected chi connectivity index (χ1v) is 7.73. The van der Waals surface area contributed by atoms with Crippen LogP contribution >= 0.6 is 11.8 Å². The molecule has 0 saturated carbocycles. The summed E-state index contributed by atoms with van der Waals surface area (Å²) in [5, 5.41) is 14.5. The summed E-state index contributed by atoms with van der Waals surface area (Å²) in [4.78, 5) is 22.6. The maximum atomic E-state index is 11.8. The third-order valence-electron chi connectivity index (χ3n) is 2.85. The van der Waals surface area contributed by atoms with Crippen LogP contribution in [0.3, 0.4) is 0 Å². The van der Waals surface area contributed by atoms with Crippen LogP contribution in [0.1, 0.15) is 29.3 Å². The number of aryl methyl sites for hydroxylation is 1. The van der Waals surface area contributed by atoms with Crippen molar-refractivity contribution in [3.05, 3.63) is 29.3 Å². The van der Waals surface area contributed by atoms with E-state index in [1.807, 2.05) is 13.2 Å². The lowest BCUT2D eigenvalue weighted by Crippen LogP contribution is -2.36. The SMILES string of the molecule is CSCCC(C)NC(=O)Nc1ccc(C(=O)O)cc1C. The fourth-order valence-corrected chi connectivity index (χ4v) is 2.28. The summed E-state index contributed by atoms with van der Waals surface area (Å²) in [5.41, 5.74) is 1.54. The zero-order valence-corrected chi connectivity index (χ0v) is 12.7. The third kappa shape index (κ3) is 5.13. The molecule has 5 nitrogen and oxygen atoms in total. The molecule has 1 atom stereocenters. The van der Waals surface area contributed by atoms with Crippen LogP contribution < -0.4 is 10.6 Å². The Morgan fingerprint density at radius 3 is 2.65 bits per heavy atom. The molecule has 6 heteroatoms. The smallest absolute Gasteiger partial charge is 0.335 e. The molecule has 0 aliphatic heterocycles. The molecule has 3 N–H and O–H groups in total. The number of anilines is 1. The van der Waals surface area contributed by atoms with Crippen molar-refractivity contribution in [1.82, 2.24) is 5.32 Å². The Balaban J connectivity index is 2.60. The van der Waals surface area contributed by atoms with E-state index in [1.54, 1.807) is 24.8 Å². The van der Waals surface area contributed by atoms with Gasteiger partial charge in [-0.25, -0.2) is 9.59 Å². The molecule has 0 aliphatic rings. The lowest BCUT2D eigenvalue weighted by molar-refractivity contribution is 0.0697. The highest BCUT2D eigenvalue weighted by molar-refractivity contribution is 7.98. The van der Waals surface area contributed by atoms with Crippen molar-refractivity contribution < 1.29 is 14.7 Å². The summed E-state index contributed by atoms with van der Waals surface area (Å²) >= 11 is 1.74. The van der Waals surface area contributed by atoms with Gasteiger partial charge in [-0.1, -0.05) is 0 Å². The summed E-state index contributed by atoms with van der Waals surface area (Å²) in [6.07, 6.45) is 2.94. The van der Waals surface area contributed by atoms with Gasteiger partial charge in [0.25, 0.3) is 0 Å². The minimum absolute atomic E-state index is 0.0982. The van der Waals surface area contributed by atoms with Crippen molar-refractivity contribution in [2.75, 3.05) is 17.3 Å². The predicted molar refractivity (Wildman–Crippen MR) is 82.8 cm³/mol. The summed E-state index contributed by atoms with van der Waals surface area (Å²) in [6.45, 7) is 3.72. The van der Waals surface area contributed by atoms with Crippen LogP contribution in [0.15, 0.2) is 18.2 Å². The zero-order chi connectivity index (χ0) is 15.1. The fourth-order valence-electron chi connectivity index (χ4n) is 1.69. The summed E-state index contributed by atoms with van der Waals surface area (Å²) < 4.78 is 0. The predicted octanol–water partition coefficient (Wildman–Crippen LogP) is 2.96. The van der Waals surface area contributed by atoms with Gasteiger partial charge in [-0.2, -0.15) is 11.8 Å². The van der Waals surface area contributed by atoms with Gasteiger partial charge in [0.1, 0.15) is 0 Å². The second kappa shape index (κ2) is 7.79. The number of carboxylic acid groups (broad SMARTS) is 1. The van der Waals surface area contributed by atoms with E-state index in [1.165, 1.54) is 12.1 Å². The molecule has 0 aliphatic carbocycles. The van der Waals surface area contributed by atoms with E-state index in [9.17, 15) is 9.59 Å². The topological polar surface area (TPSA) is 78.4 Å². The van der Waals surface area contributed by atoms with Gasteiger partial charge in [-0.3, -0.25) is 0 Å². The first-order valence-electron chi connectivity index (χ1n) is 6.34. The van der Waals surface area contributed by atoms with Crippen LogP contribution in [0.5, 0.6) is 0 Å². The molecule has 0 saturated heterocycles. The van der Waals surface area contributed by atoms with E-state index in [2.05, 4.69) is 10.6 Å². The molecule has 20 heavy (non-hydrogen) atoms. The van der Waals surface area contributed by atoms with Gasteiger partial charge in [-0.15, -0.1) is 0 Å². The number of rotatable bonds is 6. The highest BCUT2D eigenvalue weighted by Crippen LogP contribution is 2.16. The van der Waals surface area contributed by atoms with Gasteiger partial charge in [0.15, 0.2) is 0 Å². The number of hydrogen-bond donors (Lipinski definition) is 3. The highest BCUT2D eigenvalue weighted by atomic mass is 32.2. The van der Waals surface area contributed by atoms with Crippen molar-refractivity contribution >= 4 is 29.4 Å². The van der Waals surface area contributed by atoms with E-state index in [0.29, 0.717) is 5.69 Å². The number of carbonyl (C=O) groups excluding carboxylic acids is 1. The van der Waals surface area contributed by atoms with Crippen molar-refractivity contribution in [3.8, 4) is 0 Å². The maximum absolute atomic E-state index is 11.8. The van der Waals surface area contributed by atoms with Crippen molar-refractivity contribution in [1.29, 1.82) is 0 Å². The van der Waals surface area contributed by atoms with Crippen LogP contribution in [0.4, 0.5) is 10.5 Å². The van der Waals surface area contributed by atoms with E-state index < -0.39 is 5.97 Å². The van der Waals surface area contributed by atoms with Gasteiger partial charge in [0, 0.05) is 11.7 Å². The van der Waals surface area contributed by atoms with E-state index >= 15 is 0 Å². The number of nitrogens with one attached hydrogen (secondary N) is 2. The van der Waals surface area contributed by atoms with Gasteiger partial charge in [0.05, 0.1) is 5.56 Å². The molecule has 0 radical (unpaired) electrons. The molecular formula is C14H20N2O3S. The Labute approximate surface area is 123 Å². The number of benzene rings is 1. The van der Waals surface area contributed by atoms with Crippen molar-refractivity contribution in [2.24, 2.45) is 0 Å². The lowest BCUT2D eigenvalue weighted by Gasteiger charge is -2.15. The molecule has 1 unspecified atom stereocenters. The molecule has 2 amide bonds. The Kier molecular flexibility index (Phi) is 6.38. The standard InChI is InChI=1S/C14H20N2O3S/c1-9-8-11(13(17)18)4-5-12(9)16-14(19)15-10(2)6-7-20-3/h4-5,8,10H,6-7H2,1-3H3,(H,17,18)(H2,15,16,19). The minimum Gasteiger partial charge on any atom is -0.478 e. The van der Waals surface area contributed by atoms with E-state index in [0.717, 1.165) is 17.7 Å². The molecular weight excluding hydrogens is 276 g/mol. The molecule has 0 heterocycles. The van der Waals surface area contributed by atoms with E-state index in [-0.39, 0.29) is 17.6 Å². The Hall–Kier alpha value is -1.69. The molecule has 0 fully saturated rings.